The van der Waals surface area contributed by atoms with E-state index in [0.717, 1.165) is 6.54 Å². The monoisotopic (exact) mass is 157 g/mol. The average Bonchev–Trinajstić information content (AvgIpc) is 1.81. The third kappa shape index (κ3) is 3.24. The lowest BCUT2D eigenvalue weighted by Gasteiger charge is -2.39. The topological polar surface area (TPSA) is 12.0 Å². The van der Waals surface area contributed by atoms with Crippen molar-refractivity contribution < 1.29 is 0 Å². The predicted octanol–water partition coefficient (Wildman–Crippen LogP) is 2.81. The van der Waals surface area contributed by atoms with E-state index in [2.05, 4.69) is 46.9 Å². The summed E-state index contributed by atoms with van der Waals surface area (Å²) in [7, 11) is 0. The molecule has 0 aromatic rings. The van der Waals surface area contributed by atoms with Gasteiger partial charge in [0.1, 0.15) is 0 Å². The van der Waals surface area contributed by atoms with Gasteiger partial charge in [-0.1, -0.05) is 27.7 Å². The van der Waals surface area contributed by atoms with Gasteiger partial charge in [-0.2, -0.15) is 0 Å². The molecule has 0 rings (SSSR count). The van der Waals surface area contributed by atoms with Gasteiger partial charge in [0.2, 0.25) is 0 Å². The molecule has 0 aliphatic rings. The first kappa shape index (κ1) is 11.0. The Morgan fingerprint density at radius 2 is 1.45 bits per heavy atom. The minimum atomic E-state index is 0.239. The number of nitrogens with one attached hydrogen (secondary N) is 1. The molecule has 1 heteroatoms. The fourth-order valence-corrected chi connectivity index (χ4v) is 0.703. The zero-order valence-corrected chi connectivity index (χ0v) is 8.91. The van der Waals surface area contributed by atoms with E-state index in [1.54, 1.807) is 0 Å². The van der Waals surface area contributed by atoms with Gasteiger partial charge in [-0.25, -0.2) is 0 Å². The first-order chi connectivity index (χ1) is 4.81. The van der Waals surface area contributed by atoms with Crippen molar-refractivity contribution >= 4 is 0 Å². The maximum absolute atomic E-state index is 3.55. The molecular formula is C10H23N. The van der Waals surface area contributed by atoms with Gasteiger partial charge in [-0.05, 0) is 32.2 Å². The van der Waals surface area contributed by atoms with E-state index in [9.17, 15) is 0 Å². The second kappa shape index (κ2) is 3.57. The minimum absolute atomic E-state index is 0.239. The summed E-state index contributed by atoms with van der Waals surface area (Å²) >= 11 is 0. The highest BCUT2D eigenvalue weighted by molar-refractivity contribution is 4.89. The predicted molar refractivity (Wildman–Crippen MR) is 51.8 cm³/mol. The van der Waals surface area contributed by atoms with Crippen molar-refractivity contribution in [3.63, 3.8) is 0 Å². The summed E-state index contributed by atoms with van der Waals surface area (Å²) in [6.45, 7) is 14.7. The van der Waals surface area contributed by atoms with E-state index in [-0.39, 0.29) is 5.54 Å². The molecule has 0 heterocycles. The molecule has 0 aliphatic heterocycles. The van der Waals surface area contributed by atoms with Crippen LogP contribution in [0.1, 0.15) is 48.0 Å². The van der Waals surface area contributed by atoms with Gasteiger partial charge in [-0.3, -0.25) is 0 Å². The van der Waals surface area contributed by atoms with Crippen LogP contribution in [0.3, 0.4) is 0 Å². The van der Waals surface area contributed by atoms with Crippen molar-refractivity contribution in [2.45, 2.75) is 53.5 Å². The van der Waals surface area contributed by atoms with Gasteiger partial charge in [-0.15, -0.1) is 0 Å². The second-order valence-electron chi connectivity index (χ2n) is 4.80. The van der Waals surface area contributed by atoms with Crippen LogP contribution >= 0.6 is 0 Å². The van der Waals surface area contributed by atoms with Crippen LogP contribution in [0.15, 0.2) is 0 Å². The number of hydrogen-bond donors (Lipinski definition) is 1. The summed E-state index contributed by atoms with van der Waals surface area (Å²) in [5, 5.41) is 3.55. The van der Waals surface area contributed by atoms with Crippen molar-refractivity contribution in [1.82, 2.24) is 5.32 Å². The Labute approximate surface area is 71.6 Å². The van der Waals surface area contributed by atoms with Crippen LogP contribution in [0.5, 0.6) is 0 Å². The normalized spacial score (nSPS) is 13.6. The van der Waals surface area contributed by atoms with E-state index in [0.29, 0.717) is 5.41 Å². The van der Waals surface area contributed by atoms with Gasteiger partial charge in [0.25, 0.3) is 0 Å². The van der Waals surface area contributed by atoms with Crippen LogP contribution in [0.2, 0.25) is 0 Å². The largest absolute Gasteiger partial charge is 0.311 e. The standard InChI is InChI=1S/C10H23N/c1-7-8-11-10(5,6)9(2,3)4/h11H,7-8H2,1-6H3. The van der Waals surface area contributed by atoms with E-state index < -0.39 is 0 Å². The molecule has 0 aliphatic carbocycles. The summed E-state index contributed by atoms with van der Waals surface area (Å²) in [5.41, 5.74) is 0.575. The highest BCUT2D eigenvalue weighted by Gasteiger charge is 2.31. The molecule has 0 aromatic heterocycles. The SMILES string of the molecule is CCCNC(C)(C)C(C)(C)C. The van der Waals surface area contributed by atoms with Crippen molar-refractivity contribution in [3.05, 3.63) is 0 Å². The Hall–Kier alpha value is -0.0400. The van der Waals surface area contributed by atoms with E-state index in [1.165, 1.54) is 6.42 Å². The van der Waals surface area contributed by atoms with Gasteiger partial charge >= 0.3 is 0 Å². The Morgan fingerprint density at radius 3 is 1.73 bits per heavy atom. The highest BCUT2D eigenvalue weighted by Crippen LogP contribution is 2.28. The highest BCUT2D eigenvalue weighted by atomic mass is 15.0. The second-order valence-corrected chi connectivity index (χ2v) is 4.80. The first-order valence-corrected chi connectivity index (χ1v) is 4.56. The molecule has 0 bridgehead atoms. The average molecular weight is 157 g/mol. The molecule has 0 saturated heterocycles. The smallest absolute Gasteiger partial charge is 0.0173 e. The van der Waals surface area contributed by atoms with E-state index in [1.807, 2.05) is 0 Å². The van der Waals surface area contributed by atoms with Gasteiger partial charge in [0.05, 0.1) is 0 Å². The lowest BCUT2D eigenvalue weighted by molar-refractivity contribution is 0.177. The molecule has 0 amide bonds. The van der Waals surface area contributed by atoms with Gasteiger partial charge in [0.15, 0.2) is 0 Å². The molecule has 1 N–H and O–H groups in total. The Morgan fingerprint density at radius 1 is 1.00 bits per heavy atom. The van der Waals surface area contributed by atoms with Crippen molar-refractivity contribution in [1.29, 1.82) is 0 Å². The molecule has 11 heavy (non-hydrogen) atoms. The Bertz CT molecular complexity index is 109. The van der Waals surface area contributed by atoms with Crippen LogP contribution < -0.4 is 5.32 Å². The molecule has 1 nitrogen and oxygen atoms in total. The molecular weight excluding hydrogens is 134 g/mol. The molecule has 0 atom stereocenters. The quantitative estimate of drug-likeness (QED) is 0.664. The van der Waals surface area contributed by atoms with Crippen LogP contribution in [-0.4, -0.2) is 12.1 Å². The number of hydrogen-bond acceptors (Lipinski definition) is 1. The molecule has 0 radical (unpaired) electrons. The maximum atomic E-state index is 3.55. The van der Waals surface area contributed by atoms with Crippen molar-refractivity contribution in [2.24, 2.45) is 5.41 Å². The lowest BCUT2D eigenvalue weighted by atomic mass is 9.76. The third-order valence-electron chi connectivity index (χ3n) is 2.69. The van der Waals surface area contributed by atoms with Gasteiger partial charge in [0, 0.05) is 5.54 Å². The summed E-state index contributed by atoms with van der Waals surface area (Å²) in [6.07, 6.45) is 1.21. The first-order valence-electron chi connectivity index (χ1n) is 4.56. The third-order valence-corrected chi connectivity index (χ3v) is 2.69. The maximum Gasteiger partial charge on any atom is 0.0173 e. The van der Waals surface area contributed by atoms with Crippen LogP contribution in [0.4, 0.5) is 0 Å². The molecule has 0 aromatic carbocycles. The lowest BCUT2D eigenvalue weighted by Crippen LogP contribution is -2.50. The Balaban J connectivity index is 4.00. The van der Waals surface area contributed by atoms with Crippen LogP contribution in [0, 0.1) is 5.41 Å². The fraction of sp³-hybridized carbons (Fsp3) is 1.00. The van der Waals surface area contributed by atoms with Crippen molar-refractivity contribution in [3.8, 4) is 0 Å². The zero-order valence-electron chi connectivity index (χ0n) is 8.91. The number of rotatable bonds is 3. The minimum Gasteiger partial charge on any atom is -0.311 e. The van der Waals surface area contributed by atoms with Crippen molar-refractivity contribution in [2.75, 3.05) is 6.54 Å². The summed E-state index contributed by atoms with van der Waals surface area (Å²) in [6, 6.07) is 0. The molecule has 0 fully saturated rings. The zero-order chi connectivity index (χ0) is 9.12. The molecule has 0 saturated carbocycles. The molecule has 68 valence electrons. The fourth-order valence-electron chi connectivity index (χ4n) is 0.703. The van der Waals surface area contributed by atoms with E-state index >= 15 is 0 Å². The summed E-state index contributed by atoms with van der Waals surface area (Å²) in [4.78, 5) is 0. The van der Waals surface area contributed by atoms with Crippen LogP contribution in [0.25, 0.3) is 0 Å². The Kier molecular flexibility index (Phi) is 3.56. The van der Waals surface area contributed by atoms with Crippen LogP contribution in [-0.2, 0) is 0 Å². The molecule has 0 spiro atoms. The van der Waals surface area contributed by atoms with E-state index in [4.69, 9.17) is 0 Å². The molecule has 0 unspecified atom stereocenters. The summed E-state index contributed by atoms with van der Waals surface area (Å²) in [5.74, 6) is 0. The summed E-state index contributed by atoms with van der Waals surface area (Å²) < 4.78 is 0. The van der Waals surface area contributed by atoms with Gasteiger partial charge < -0.3 is 5.32 Å².